The molecule has 0 radical (unpaired) electrons. The number of fused-ring (bicyclic) bond motifs is 2. The van der Waals surface area contributed by atoms with Crippen LogP contribution in [0.25, 0.3) is 0 Å². The number of hydrogen-bond acceptors (Lipinski definition) is 3. The zero-order chi connectivity index (χ0) is 23.5. The fraction of sp³-hybridized carbons (Fsp3) is 0.655. The molecular weight excluding hydrogens is 424 g/mol. The van der Waals surface area contributed by atoms with Gasteiger partial charge in [-0.2, -0.15) is 0 Å². The Labute approximate surface area is 204 Å². The third kappa shape index (κ3) is 5.18. The summed E-state index contributed by atoms with van der Waals surface area (Å²) in [6.45, 7) is 4.63. The van der Waals surface area contributed by atoms with Crippen molar-refractivity contribution in [3.63, 3.8) is 0 Å². The minimum atomic E-state index is -0.0272. The van der Waals surface area contributed by atoms with Crippen molar-refractivity contribution >= 4 is 11.8 Å². The molecule has 1 aromatic rings. The quantitative estimate of drug-likeness (QED) is 0.553. The lowest BCUT2D eigenvalue weighted by Crippen LogP contribution is -2.44. The molecule has 1 N–H and O–H groups in total. The molecule has 1 aromatic carbocycles. The zero-order valence-electron chi connectivity index (χ0n) is 20.6. The first-order valence-corrected chi connectivity index (χ1v) is 13.5. The number of piperidine rings is 1. The van der Waals surface area contributed by atoms with Crippen molar-refractivity contribution in [3.8, 4) is 5.75 Å². The van der Waals surface area contributed by atoms with E-state index in [1.165, 1.54) is 32.1 Å². The van der Waals surface area contributed by atoms with Crippen molar-refractivity contribution < 1.29 is 14.3 Å². The zero-order valence-corrected chi connectivity index (χ0v) is 20.6. The lowest BCUT2D eigenvalue weighted by atomic mass is 9.75. The summed E-state index contributed by atoms with van der Waals surface area (Å²) in [6, 6.07) is 7.54. The van der Waals surface area contributed by atoms with Crippen LogP contribution in [-0.4, -0.2) is 42.5 Å². The molecule has 184 valence electrons. The Bertz CT molecular complexity index is 914. The van der Waals surface area contributed by atoms with Crippen molar-refractivity contribution in [2.24, 2.45) is 23.2 Å². The predicted molar refractivity (Wildman–Crippen MR) is 134 cm³/mol. The van der Waals surface area contributed by atoms with E-state index in [4.69, 9.17) is 4.74 Å². The van der Waals surface area contributed by atoms with E-state index >= 15 is 0 Å². The second kappa shape index (κ2) is 10.1. The number of hydrogen-bond donors (Lipinski definition) is 1. The summed E-state index contributed by atoms with van der Waals surface area (Å²) >= 11 is 0. The highest BCUT2D eigenvalue weighted by atomic mass is 16.5. The number of carbonyl (C=O) groups excluding carboxylic acids is 2. The molecule has 34 heavy (non-hydrogen) atoms. The Balaban J connectivity index is 1.07. The van der Waals surface area contributed by atoms with Crippen LogP contribution < -0.4 is 10.1 Å². The van der Waals surface area contributed by atoms with Crippen molar-refractivity contribution in [1.82, 2.24) is 10.2 Å². The van der Waals surface area contributed by atoms with E-state index in [1.54, 1.807) is 0 Å². The van der Waals surface area contributed by atoms with Crippen LogP contribution >= 0.6 is 0 Å². The molecule has 2 amide bonds. The second-order valence-electron chi connectivity index (χ2n) is 11.4. The molecule has 3 fully saturated rings. The fourth-order valence-corrected chi connectivity index (χ4v) is 6.75. The summed E-state index contributed by atoms with van der Waals surface area (Å²) in [7, 11) is 0. The first kappa shape index (κ1) is 23.4. The Morgan fingerprint density at radius 3 is 2.59 bits per heavy atom. The highest BCUT2D eigenvalue weighted by molar-refractivity contribution is 5.94. The minimum absolute atomic E-state index is 0.0272. The normalized spacial score (nSPS) is 29.4. The summed E-state index contributed by atoms with van der Waals surface area (Å²) in [4.78, 5) is 27.6. The molecule has 1 aliphatic heterocycles. The molecule has 1 saturated heterocycles. The molecule has 3 atom stereocenters. The Morgan fingerprint density at radius 2 is 1.88 bits per heavy atom. The fourth-order valence-electron chi connectivity index (χ4n) is 6.75. The largest absolute Gasteiger partial charge is 0.490 e. The van der Waals surface area contributed by atoms with Gasteiger partial charge in [-0.1, -0.05) is 44.4 Å². The summed E-state index contributed by atoms with van der Waals surface area (Å²) < 4.78 is 6.23. The average Bonchev–Trinajstić information content (AvgIpc) is 3.46. The maximum Gasteiger partial charge on any atom is 0.251 e. The Morgan fingerprint density at radius 1 is 1.09 bits per heavy atom. The lowest BCUT2D eigenvalue weighted by molar-refractivity contribution is -0.138. The van der Waals surface area contributed by atoms with E-state index in [1.807, 2.05) is 29.2 Å². The van der Waals surface area contributed by atoms with Crippen LogP contribution in [0.4, 0.5) is 0 Å². The van der Waals surface area contributed by atoms with Crippen LogP contribution in [-0.2, 0) is 4.79 Å². The van der Waals surface area contributed by atoms with Crippen LogP contribution in [0.2, 0.25) is 0 Å². The molecule has 3 unspecified atom stereocenters. The van der Waals surface area contributed by atoms with Gasteiger partial charge in [-0.05, 0) is 67.6 Å². The molecule has 5 nitrogen and oxygen atoms in total. The highest BCUT2D eigenvalue weighted by Crippen LogP contribution is 2.53. The van der Waals surface area contributed by atoms with E-state index in [9.17, 15) is 9.59 Å². The summed E-state index contributed by atoms with van der Waals surface area (Å²) in [6.07, 6.45) is 15.9. The molecule has 5 rings (SSSR count). The monoisotopic (exact) mass is 464 g/mol. The van der Waals surface area contributed by atoms with Gasteiger partial charge in [-0.3, -0.25) is 9.59 Å². The topological polar surface area (TPSA) is 58.6 Å². The maximum atomic E-state index is 12.8. The molecule has 4 aliphatic rings. The number of allylic oxidation sites excluding steroid dienone is 2. The molecule has 2 bridgehead atoms. The summed E-state index contributed by atoms with van der Waals surface area (Å²) in [5.74, 6) is 2.74. The molecule has 3 aliphatic carbocycles. The number of carbonyl (C=O) groups is 2. The molecule has 1 heterocycles. The number of nitrogens with one attached hydrogen (secondary N) is 1. The smallest absolute Gasteiger partial charge is 0.251 e. The van der Waals surface area contributed by atoms with Gasteiger partial charge < -0.3 is 15.0 Å². The van der Waals surface area contributed by atoms with E-state index in [0.29, 0.717) is 29.3 Å². The molecule has 0 aromatic heterocycles. The molecule has 2 saturated carbocycles. The van der Waals surface area contributed by atoms with Gasteiger partial charge in [0.25, 0.3) is 5.91 Å². The van der Waals surface area contributed by atoms with Gasteiger partial charge in [0.2, 0.25) is 5.91 Å². The molecular formula is C29H40N2O3. The van der Waals surface area contributed by atoms with Crippen molar-refractivity contribution in [3.05, 3.63) is 42.0 Å². The van der Waals surface area contributed by atoms with Gasteiger partial charge in [-0.25, -0.2) is 0 Å². The molecule has 5 heteroatoms. The third-order valence-corrected chi connectivity index (χ3v) is 8.88. The Kier molecular flexibility index (Phi) is 6.99. The van der Waals surface area contributed by atoms with Gasteiger partial charge in [0, 0.05) is 44.0 Å². The van der Waals surface area contributed by atoms with Crippen LogP contribution in [0.1, 0.15) is 81.5 Å². The van der Waals surface area contributed by atoms with Crippen LogP contribution in [0.15, 0.2) is 36.4 Å². The van der Waals surface area contributed by atoms with E-state index in [-0.39, 0.29) is 17.9 Å². The van der Waals surface area contributed by atoms with E-state index < -0.39 is 0 Å². The van der Waals surface area contributed by atoms with E-state index in [2.05, 4.69) is 24.4 Å². The number of rotatable bonds is 7. The van der Waals surface area contributed by atoms with Crippen LogP contribution in [0.3, 0.4) is 0 Å². The van der Waals surface area contributed by atoms with Crippen LogP contribution in [0, 0.1) is 23.2 Å². The molecule has 0 spiro atoms. The Hall–Kier alpha value is -2.30. The van der Waals surface area contributed by atoms with Crippen molar-refractivity contribution in [1.29, 1.82) is 0 Å². The predicted octanol–water partition coefficient (Wildman–Crippen LogP) is 5.36. The number of ether oxygens (including phenoxy) is 1. The van der Waals surface area contributed by atoms with Crippen molar-refractivity contribution in [2.75, 3.05) is 19.6 Å². The first-order valence-electron chi connectivity index (χ1n) is 13.5. The standard InChI is InChI=1S/C29H40N2O3/c1-29(20-21-10-11-24(29)18-21)14-15-30-27(32)23-8-5-9-26(19-23)34-25-12-16-31(17-13-25)28(33)22-6-3-2-4-7-22/h5,8-11,19,21-22,24-25H,2-4,6-7,12-18,20H2,1H3,(H,30,32). The average molecular weight is 465 g/mol. The first-order chi connectivity index (χ1) is 16.5. The number of amides is 2. The van der Waals surface area contributed by atoms with Crippen LogP contribution in [0.5, 0.6) is 5.75 Å². The number of likely N-dealkylation sites (tertiary alicyclic amines) is 1. The maximum absolute atomic E-state index is 12.8. The third-order valence-electron chi connectivity index (χ3n) is 8.88. The summed E-state index contributed by atoms with van der Waals surface area (Å²) in [5.41, 5.74) is 0.977. The SMILES string of the molecule is CC1(CCNC(=O)c2cccc(OC3CCN(C(=O)C4CCCCC4)CC3)c2)CC2C=CC1C2. The number of benzene rings is 1. The van der Waals surface area contributed by atoms with Crippen molar-refractivity contribution in [2.45, 2.75) is 77.2 Å². The highest BCUT2D eigenvalue weighted by Gasteiger charge is 2.44. The van der Waals surface area contributed by atoms with E-state index in [0.717, 1.165) is 56.9 Å². The van der Waals surface area contributed by atoms with Gasteiger partial charge in [-0.15, -0.1) is 0 Å². The summed E-state index contributed by atoms with van der Waals surface area (Å²) in [5, 5.41) is 3.13. The lowest BCUT2D eigenvalue weighted by Gasteiger charge is -2.35. The van der Waals surface area contributed by atoms with Gasteiger partial charge in [0.1, 0.15) is 11.9 Å². The minimum Gasteiger partial charge on any atom is -0.490 e. The second-order valence-corrected chi connectivity index (χ2v) is 11.4. The number of nitrogens with zero attached hydrogens (tertiary/aromatic N) is 1. The van der Waals surface area contributed by atoms with Gasteiger partial charge >= 0.3 is 0 Å². The van der Waals surface area contributed by atoms with Gasteiger partial charge in [0.15, 0.2) is 0 Å². The van der Waals surface area contributed by atoms with Gasteiger partial charge in [0.05, 0.1) is 0 Å².